The van der Waals surface area contributed by atoms with Crippen molar-refractivity contribution in [1.29, 1.82) is 0 Å². The summed E-state index contributed by atoms with van der Waals surface area (Å²) >= 11 is 0. The van der Waals surface area contributed by atoms with Crippen molar-refractivity contribution in [2.45, 2.75) is 64.8 Å². The maximum atomic E-state index is 12.0. The summed E-state index contributed by atoms with van der Waals surface area (Å²) in [5, 5.41) is 18.1. The van der Waals surface area contributed by atoms with Crippen LogP contribution >= 0.6 is 0 Å². The molecule has 7 N–H and O–H groups in total. The van der Waals surface area contributed by atoms with Crippen LogP contribution in [0.2, 0.25) is 0 Å². The molecule has 0 unspecified atom stereocenters. The molecule has 0 heterocycles. The predicted molar refractivity (Wildman–Crippen MR) is 91.7 cm³/mol. The fourth-order valence-corrected chi connectivity index (χ4v) is 1.62. The molecule has 0 radical (unpaired) electrons. The molecule has 0 aromatic heterocycles. The van der Waals surface area contributed by atoms with E-state index in [9.17, 15) is 24.0 Å². The molecule has 0 aliphatic heterocycles. The molecule has 0 saturated carbocycles. The fourth-order valence-electron chi connectivity index (χ4n) is 1.62. The van der Waals surface area contributed by atoms with Crippen LogP contribution in [0.1, 0.15) is 34.6 Å². The average Bonchev–Trinajstić information content (AvgIpc) is 2.53. The first-order chi connectivity index (χ1) is 11.9. The Labute approximate surface area is 151 Å². The van der Waals surface area contributed by atoms with Crippen LogP contribution in [0.25, 0.3) is 0 Å². The number of hydrogen-bond acceptors (Lipinski definition) is 6. The number of amides is 4. The second kappa shape index (κ2) is 10.3. The number of carbonyl (C=O) groups excluding carboxylic acids is 4. The minimum absolute atomic E-state index is 0.511. The van der Waals surface area contributed by atoms with Gasteiger partial charge in [-0.1, -0.05) is 0 Å². The van der Waals surface area contributed by atoms with Gasteiger partial charge >= 0.3 is 5.97 Å². The third-order valence-electron chi connectivity index (χ3n) is 3.40. The number of nitrogens with one attached hydrogen (secondary N) is 4. The quantitative estimate of drug-likeness (QED) is 0.257. The van der Waals surface area contributed by atoms with Gasteiger partial charge in [-0.3, -0.25) is 24.0 Å². The van der Waals surface area contributed by atoms with Crippen molar-refractivity contribution >= 4 is 29.6 Å². The molecule has 0 spiro atoms. The summed E-state index contributed by atoms with van der Waals surface area (Å²) < 4.78 is 0. The lowest BCUT2D eigenvalue weighted by Gasteiger charge is -2.21. The van der Waals surface area contributed by atoms with Crippen molar-refractivity contribution in [1.82, 2.24) is 21.3 Å². The summed E-state index contributed by atoms with van der Waals surface area (Å²) in [5.74, 6) is -3.64. The van der Waals surface area contributed by atoms with Gasteiger partial charge in [0.2, 0.25) is 23.6 Å². The van der Waals surface area contributed by atoms with Gasteiger partial charge in [0, 0.05) is 0 Å². The number of rotatable bonds is 9. The third kappa shape index (κ3) is 7.92. The molecule has 11 nitrogen and oxygen atoms in total. The van der Waals surface area contributed by atoms with Crippen LogP contribution in [0.4, 0.5) is 0 Å². The van der Waals surface area contributed by atoms with E-state index in [0.29, 0.717) is 0 Å². The third-order valence-corrected chi connectivity index (χ3v) is 3.40. The molecule has 11 heteroatoms. The van der Waals surface area contributed by atoms with E-state index in [0.717, 1.165) is 0 Å². The van der Waals surface area contributed by atoms with E-state index in [-0.39, 0.29) is 0 Å². The Kier molecular flexibility index (Phi) is 9.27. The Bertz CT molecular complexity index is 565. The molecular formula is C15H27N5O6. The van der Waals surface area contributed by atoms with Gasteiger partial charge in [0.1, 0.15) is 24.2 Å². The maximum Gasteiger partial charge on any atom is 0.325 e. The van der Waals surface area contributed by atoms with Crippen LogP contribution in [-0.2, 0) is 24.0 Å². The molecule has 0 aliphatic rings. The van der Waals surface area contributed by atoms with Gasteiger partial charge in [0.05, 0.1) is 6.04 Å². The number of nitrogens with two attached hydrogens (primary N) is 1. The second-order valence-electron chi connectivity index (χ2n) is 6.05. The Morgan fingerprint density at radius 3 is 1.15 bits per heavy atom. The number of aliphatic carboxylic acids is 1. The topological polar surface area (TPSA) is 180 Å². The first kappa shape index (κ1) is 23.3. The Balaban J connectivity index is 4.54. The summed E-state index contributed by atoms with van der Waals surface area (Å²) in [6.45, 7) is 6.96. The second-order valence-corrected chi connectivity index (χ2v) is 6.05. The summed E-state index contributed by atoms with van der Waals surface area (Å²) in [7, 11) is 0. The van der Waals surface area contributed by atoms with Gasteiger partial charge in [-0.2, -0.15) is 0 Å². The van der Waals surface area contributed by atoms with Crippen molar-refractivity contribution in [2.75, 3.05) is 0 Å². The highest BCUT2D eigenvalue weighted by molar-refractivity contribution is 5.94. The zero-order chi connectivity index (χ0) is 20.6. The maximum absolute atomic E-state index is 12.0. The van der Waals surface area contributed by atoms with Crippen molar-refractivity contribution in [2.24, 2.45) is 5.73 Å². The zero-order valence-electron chi connectivity index (χ0n) is 15.5. The molecule has 0 aromatic carbocycles. The van der Waals surface area contributed by atoms with E-state index in [2.05, 4.69) is 21.3 Å². The normalized spacial score (nSPS) is 16.2. The average molecular weight is 373 g/mol. The van der Waals surface area contributed by atoms with Gasteiger partial charge in [0.25, 0.3) is 0 Å². The van der Waals surface area contributed by atoms with E-state index < -0.39 is 59.8 Å². The van der Waals surface area contributed by atoms with Crippen LogP contribution in [0.5, 0.6) is 0 Å². The molecule has 0 fully saturated rings. The molecule has 0 aliphatic carbocycles. The minimum Gasteiger partial charge on any atom is -0.480 e. The summed E-state index contributed by atoms with van der Waals surface area (Å²) in [6, 6.07) is -4.77. The standard InChI is InChI=1S/C15H27N5O6/c1-6(16)11(21)17-7(2)12(22)18-8(3)13(23)19-9(4)14(24)20-10(5)15(25)26/h6-10H,16H2,1-5H3,(H,17,21)(H,18,22)(H,19,23)(H,20,24)(H,25,26)/t6-,7-,8-,9-,10-/m1/s1. The Morgan fingerprint density at radius 1 is 0.615 bits per heavy atom. The number of carbonyl (C=O) groups is 5. The van der Waals surface area contributed by atoms with Gasteiger partial charge in [-0.15, -0.1) is 0 Å². The number of carboxylic acids is 1. The fraction of sp³-hybridized carbons (Fsp3) is 0.667. The van der Waals surface area contributed by atoms with Crippen LogP contribution in [-0.4, -0.2) is 64.9 Å². The monoisotopic (exact) mass is 373 g/mol. The summed E-state index contributed by atoms with van der Waals surface area (Å²) in [4.78, 5) is 58.0. The lowest BCUT2D eigenvalue weighted by Crippen LogP contribution is -2.56. The summed E-state index contributed by atoms with van der Waals surface area (Å²) in [5.41, 5.74) is 5.39. The molecule has 0 aromatic rings. The van der Waals surface area contributed by atoms with Crippen molar-refractivity contribution in [3.63, 3.8) is 0 Å². The van der Waals surface area contributed by atoms with Crippen molar-refractivity contribution in [3.8, 4) is 0 Å². The molecule has 26 heavy (non-hydrogen) atoms. The molecule has 5 atom stereocenters. The van der Waals surface area contributed by atoms with Crippen LogP contribution < -0.4 is 27.0 Å². The van der Waals surface area contributed by atoms with Gasteiger partial charge in [0.15, 0.2) is 0 Å². The van der Waals surface area contributed by atoms with Gasteiger partial charge in [-0.25, -0.2) is 0 Å². The van der Waals surface area contributed by atoms with Crippen LogP contribution in [0.3, 0.4) is 0 Å². The summed E-state index contributed by atoms with van der Waals surface area (Å²) in [6.07, 6.45) is 0. The van der Waals surface area contributed by atoms with E-state index in [1.165, 1.54) is 34.6 Å². The highest BCUT2D eigenvalue weighted by atomic mass is 16.4. The Hall–Kier alpha value is -2.69. The number of carboxylic acid groups (broad SMARTS) is 1. The smallest absolute Gasteiger partial charge is 0.325 e. The first-order valence-electron chi connectivity index (χ1n) is 8.06. The number of hydrogen-bond donors (Lipinski definition) is 6. The van der Waals surface area contributed by atoms with E-state index in [4.69, 9.17) is 10.8 Å². The SMILES string of the molecule is C[C@@H](N)C(=O)N[C@H](C)C(=O)N[C@H](C)C(=O)N[C@H](C)C(=O)N[C@H](C)C(=O)O. The largest absolute Gasteiger partial charge is 0.480 e. The zero-order valence-corrected chi connectivity index (χ0v) is 15.5. The molecule has 4 amide bonds. The molecule has 148 valence electrons. The minimum atomic E-state index is -1.21. The van der Waals surface area contributed by atoms with Crippen LogP contribution in [0.15, 0.2) is 0 Å². The lowest BCUT2D eigenvalue weighted by atomic mass is 10.2. The predicted octanol–water partition coefficient (Wildman–Crippen LogP) is -2.56. The van der Waals surface area contributed by atoms with E-state index in [1.807, 2.05) is 0 Å². The highest BCUT2D eigenvalue weighted by Gasteiger charge is 2.25. The van der Waals surface area contributed by atoms with Crippen molar-refractivity contribution < 1.29 is 29.1 Å². The molecule has 0 saturated heterocycles. The van der Waals surface area contributed by atoms with E-state index >= 15 is 0 Å². The molecule has 0 rings (SSSR count). The molecule has 0 bridgehead atoms. The van der Waals surface area contributed by atoms with Crippen molar-refractivity contribution in [3.05, 3.63) is 0 Å². The lowest BCUT2D eigenvalue weighted by molar-refractivity contribution is -0.141. The van der Waals surface area contributed by atoms with Crippen LogP contribution in [0, 0.1) is 0 Å². The molecular weight excluding hydrogens is 346 g/mol. The van der Waals surface area contributed by atoms with Gasteiger partial charge in [-0.05, 0) is 34.6 Å². The first-order valence-corrected chi connectivity index (χ1v) is 8.06. The Morgan fingerprint density at radius 2 is 0.885 bits per heavy atom. The highest BCUT2D eigenvalue weighted by Crippen LogP contribution is 1.92. The van der Waals surface area contributed by atoms with Gasteiger partial charge < -0.3 is 32.1 Å². The van der Waals surface area contributed by atoms with E-state index in [1.54, 1.807) is 0 Å².